The molecule has 11 heteroatoms. The molecule has 8 N–H and O–H groups in total. The van der Waals surface area contributed by atoms with Crippen LogP contribution in [-0.4, -0.2) is 110 Å². The minimum Gasteiger partial charge on any atom is -0.394 e. The molecule has 0 aromatic heterocycles. The van der Waals surface area contributed by atoms with Crippen molar-refractivity contribution < 1.29 is 50.0 Å². The molecule has 0 aliphatic carbocycles. The van der Waals surface area contributed by atoms with E-state index >= 15 is 0 Å². The first-order valence-corrected chi connectivity index (χ1v) is 27.6. The number of aliphatic hydroxyl groups excluding tert-OH is 7. The Bertz CT molecular complexity index is 1060. The molecule has 1 aliphatic heterocycles. The summed E-state index contributed by atoms with van der Waals surface area (Å²) in [5.74, 6) is -0.701. The fourth-order valence-corrected chi connectivity index (χ4v) is 9.03. The van der Waals surface area contributed by atoms with Crippen LogP contribution >= 0.6 is 0 Å². The normalized spacial score (nSPS) is 20.9. The van der Waals surface area contributed by atoms with Gasteiger partial charge >= 0.3 is 0 Å². The highest BCUT2D eigenvalue weighted by molar-refractivity contribution is 5.80. The standard InChI is InChI=1S/C54H105NO10/c1-3-5-7-9-11-13-15-17-19-21-23-24-26-28-30-32-34-36-38-40-42-47(58)53(63)55-45(44-64-54-52(62)51(61)50(60)48(43-56)65-54)49(59)46(57)41-39-37-35-33-31-29-27-25-22-20-18-16-14-12-10-8-6-4-2/h33,35,45-52,54,56-62H,3-32,34,36-44H2,1-2H3,(H,55,63)/b35-33+. The lowest BCUT2D eigenvalue weighted by Gasteiger charge is -2.40. The molecule has 1 rings (SSSR count). The molecular formula is C54H105NO10. The van der Waals surface area contributed by atoms with Gasteiger partial charge < -0.3 is 50.5 Å². The maximum atomic E-state index is 13.2. The molecule has 11 nitrogen and oxygen atoms in total. The largest absolute Gasteiger partial charge is 0.394 e. The van der Waals surface area contributed by atoms with Crippen molar-refractivity contribution in [3.63, 3.8) is 0 Å². The van der Waals surface area contributed by atoms with Crippen LogP contribution in [0.5, 0.6) is 0 Å². The summed E-state index contributed by atoms with van der Waals surface area (Å²) in [7, 11) is 0. The zero-order chi connectivity index (χ0) is 47.6. The van der Waals surface area contributed by atoms with Gasteiger partial charge in [0, 0.05) is 0 Å². The Morgan fingerprint density at radius 3 is 1.32 bits per heavy atom. The predicted molar refractivity (Wildman–Crippen MR) is 266 cm³/mol. The van der Waals surface area contributed by atoms with Gasteiger partial charge in [-0.15, -0.1) is 0 Å². The highest BCUT2D eigenvalue weighted by Crippen LogP contribution is 2.23. The molecule has 9 unspecified atom stereocenters. The number of aliphatic hydroxyl groups is 7. The van der Waals surface area contributed by atoms with Gasteiger partial charge in [-0.2, -0.15) is 0 Å². The first-order valence-electron chi connectivity index (χ1n) is 27.6. The predicted octanol–water partition coefficient (Wildman–Crippen LogP) is 10.8. The lowest BCUT2D eigenvalue weighted by molar-refractivity contribution is -0.303. The van der Waals surface area contributed by atoms with E-state index in [1.54, 1.807) is 0 Å². The van der Waals surface area contributed by atoms with Crippen LogP contribution in [0.3, 0.4) is 0 Å². The van der Waals surface area contributed by atoms with E-state index in [0.29, 0.717) is 12.8 Å². The number of carbonyl (C=O) groups is 1. The van der Waals surface area contributed by atoms with Gasteiger partial charge in [-0.05, 0) is 38.5 Å². The van der Waals surface area contributed by atoms with E-state index in [1.165, 1.54) is 180 Å². The number of unbranched alkanes of at least 4 members (excludes halogenated alkanes) is 33. The van der Waals surface area contributed by atoms with E-state index in [0.717, 1.165) is 38.5 Å². The number of amides is 1. The van der Waals surface area contributed by atoms with Gasteiger partial charge in [0.25, 0.3) is 0 Å². The van der Waals surface area contributed by atoms with E-state index in [2.05, 4.69) is 31.3 Å². The van der Waals surface area contributed by atoms with Gasteiger partial charge in [0.2, 0.25) is 5.91 Å². The Balaban J connectivity index is 2.36. The minimum absolute atomic E-state index is 0.259. The number of carbonyl (C=O) groups excluding carboxylic acids is 1. The lowest BCUT2D eigenvalue weighted by Crippen LogP contribution is -2.60. The second-order valence-corrected chi connectivity index (χ2v) is 19.7. The maximum absolute atomic E-state index is 13.2. The average molecular weight is 928 g/mol. The molecule has 0 saturated carbocycles. The Morgan fingerprint density at radius 1 is 0.523 bits per heavy atom. The molecule has 386 valence electrons. The molecule has 0 aromatic rings. The van der Waals surface area contributed by atoms with Crippen molar-refractivity contribution in [2.24, 2.45) is 0 Å². The summed E-state index contributed by atoms with van der Waals surface area (Å²) < 4.78 is 11.1. The van der Waals surface area contributed by atoms with Crippen LogP contribution in [0.1, 0.15) is 258 Å². The monoisotopic (exact) mass is 928 g/mol. The van der Waals surface area contributed by atoms with Gasteiger partial charge in [-0.3, -0.25) is 4.79 Å². The third-order valence-corrected chi connectivity index (χ3v) is 13.6. The van der Waals surface area contributed by atoms with E-state index < -0.39 is 74.2 Å². The van der Waals surface area contributed by atoms with Crippen molar-refractivity contribution in [3.8, 4) is 0 Å². The third-order valence-electron chi connectivity index (χ3n) is 13.6. The number of nitrogens with one attached hydrogen (secondary N) is 1. The van der Waals surface area contributed by atoms with Crippen LogP contribution in [0, 0.1) is 0 Å². The molecule has 1 fully saturated rings. The highest BCUT2D eigenvalue weighted by Gasteiger charge is 2.44. The zero-order valence-corrected chi connectivity index (χ0v) is 42.0. The first kappa shape index (κ1) is 61.9. The van der Waals surface area contributed by atoms with Crippen molar-refractivity contribution in [1.29, 1.82) is 0 Å². The summed E-state index contributed by atoms with van der Waals surface area (Å²) in [6, 6.07) is -1.18. The SMILES string of the molecule is CCCCCCCCCCCCCCC/C=C/CCCC(O)C(O)C(COC1OC(CO)C(O)C(O)C1O)NC(=O)C(O)CCCCCCCCCCCCCCCCCCCCCC. The minimum atomic E-state index is -1.66. The summed E-state index contributed by atoms with van der Waals surface area (Å²) in [4.78, 5) is 13.2. The molecule has 9 atom stereocenters. The summed E-state index contributed by atoms with van der Waals surface area (Å²) >= 11 is 0. The lowest BCUT2D eigenvalue weighted by atomic mass is 9.98. The Hall–Kier alpha value is -1.15. The molecule has 0 bridgehead atoms. The van der Waals surface area contributed by atoms with Crippen molar-refractivity contribution in [1.82, 2.24) is 5.32 Å². The summed E-state index contributed by atoms with van der Waals surface area (Å²) in [5, 5.41) is 76.0. The Labute approximate surface area is 398 Å². The number of hydrogen-bond donors (Lipinski definition) is 8. The topological polar surface area (TPSA) is 189 Å². The molecule has 0 spiro atoms. The maximum Gasteiger partial charge on any atom is 0.249 e. The van der Waals surface area contributed by atoms with Crippen LogP contribution in [0.4, 0.5) is 0 Å². The molecule has 1 aliphatic rings. The number of rotatable bonds is 47. The van der Waals surface area contributed by atoms with Crippen LogP contribution in [-0.2, 0) is 14.3 Å². The summed E-state index contributed by atoms with van der Waals surface area (Å²) in [6.45, 7) is 3.47. The first-order chi connectivity index (χ1) is 31.7. The fourth-order valence-electron chi connectivity index (χ4n) is 9.03. The number of allylic oxidation sites excluding steroid dienone is 2. The smallest absolute Gasteiger partial charge is 0.249 e. The van der Waals surface area contributed by atoms with E-state index in [1.807, 2.05) is 0 Å². The van der Waals surface area contributed by atoms with Gasteiger partial charge in [0.05, 0.1) is 25.4 Å². The van der Waals surface area contributed by atoms with Crippen LogP contribution in [0.2, 0.25) is 0 Å². The van der Waals surface area contributed by atoms with Crippen molar-refractivity contribution in [2.45, 2.75) is 313 Å². The molecule has 65 heavy (non-hydrogen) atoms. The van der Waals surface area contributed by atoms with Crippen LogP contribution in [0.15, 0.2) is 12.2 Å². The molecule has 0 aromatic carbocycles. The van der Waals surface area contributed by atoms with Gasteiger partial charge in [0.1, 0.15) is 36.6 Å². The summed E-state index contributed by atoms with van der Waals surface area (Å²) in [5.41, 5.74) is 0. The van der Waals surface area contributed by atoms with Crippen molar-refractivity contribution >= 4 is 5.91 Å². The van der Waals surface area contributed by atoms with E-state index in [4.69, 9.17) is 9.47 Å². The third kappa shape index (κ3) is 33.1. The van der Waals surface area contributed by atoms with Gasteiger partial charge in [0.15, 0.2) is 6.29 Å². The van der Waals surface area contributed by atoms with E-state index in [-0.39, 0.29) is 12.8 Å². The number of ether oxygens (including phenoxy) is 2. The molecule has 1 amide bonds. The van der Waals surface area contributed by atoms with E-state index in [9.17, 15) is 40.5 Å². The second-order valence-electron chi connectivity index (χ2n) is 19.7. The van der Waals surface area contributed by atoms with Crippen molar-refractivity contribution in [3.05, 3.63) is 12.2 Å². The number of hydrogen-bond acceptors (Lipinski definition) is 10. The van der Waals surface area contributed by atoms with Gasteiger partial charge in [-0.1, -0.05) is 231 Å². The molecule has 1 saturated heterocycles. The summed E-state index contributed by atoms with van der Waals surface area (Å²) in [6.07, 6.45) is 38.3. The fraction of sp³-hybridized carbons (Fsp3) is 0.944. The highest BCUT2D eigenvalue weighted by atomic mass is 16.7. The van der Waals surface area contributed by atoms with Crippen LogP contribution < -0.4 is 5.32 Å². The van der Waals surface area contributed by atoms with Crippen molar-refractivity contribution in [2.75, 3.05) is 13.2 Å². The zero-order valence-electron chi connectivity index (χ0n) is 42.0. The van der Waals surface area contributed by atoms with Crippen LogP contribution in [0.25, 0.3) is 0 Å². The average Bonchev–Trinajstić information content (AvgIpc) is 3.31. The molecule has 1 heterocycles. The Morgan fingerprint density at radius 2 is 0.908 bits per heavy atom. The molecule has 0 radical (unpaired) electrons. The Kier molecular flexibility index (Phi) is 42.0. The molecular weight excluding hydrogens is 823 g/mol. The van der Waals surface area contributed by atoms with Gasteiger partial charge in [-0.25, -0.2) is 0 Å². The second kappa shape index (κ2) is 44.1. The quantitative estimate of drug-likeness (QED) is 0.0215.